The van der Waals surface area contributed by atoms with Gasteiger partial charge in [-0.25, -0.2) is 0 Å². The van der Waals surface area contributed by atoms with Gasteiger partial charge in [-0.15, -0.1) is 0 Å². The highest BCUT2D eigenvalue weighted by atomic mass is 16.1. The molecule has 98 valence electrons. The summed E-state index contributed by atoms with van der Waals surface area (Å²) >= 11 is 0. The van der Waals surface area contributed by atoms with Crippen LogP contribution in [0.15, 0.2) is 54.6 Å². The van der Waals surface area contributed by atoms with E-state index in [9.17, 15) is 4.79 Å². The van der Waals surface area contributed by atoms with Crippen molar-refractivity contribution >= 4 is 5.78 Å². The van der Waals surface area contributed by atoms with E-state index in [1.54, 1.807) is 0 Å². The normalized spacial score (nSPS) is 12.1. The van der Waals surface area contributed by atoms with E-state index >= 15 is 0 Å². The van der Waals surface area contributed by atoms with Gasteiger partial charge in [-0.1, -0.05) is 54.6 Å². The molecule has 0 bridgehead atoms. The van der Waals surface area contributed by atoms with Gasteiger partial charge in [-0.3, -0.25) is 4.79 Å². The molecule has 0 fully saturated rings. The molecule has 0 aromatic heterocycles. The van der Waals surface area contributed by atoms with Gasteiger partial charge in [0.1, 0.15) is 0 Å². The summed E-state index contributed by atoms with van der Waals surface area (Å²) < 4.78 is 0. The predicted octanol–water partition coefficient (Wildman–Crippen LogP) is 3.66. The van der Waals surface area contributed by atoms with Crippen LogP contribution in [0.4, 0.5) is 0 Å². The number of hydrogen-bond acceptors (Lipinski definition) is 2. The summed E-state index contributed by atoms with van der Waals surface area (Å²) in [7, 11) is 0. The Hall–Kier alpha value is -1.93. The van der Waals surface area contributed by atoms with E-state index < -0.39 is 0 Å². The van der Waals surface area contributed by atoms with Crippen LogP contribution in [0, 0.1) is 0 Å². The topological polar surface area (TPSA) is 43.1 Å². The number of Topliss-reactive ketones (excluding diaryl/α,β-unsaturated/α-hetero) is 1. The van der Waals surface area contributed by atoms with Crippen molar-refractivity contribution in [1.29, 1.82) is 0 Å². The zero-order valence-electron chi connectivity index (χ0n) is 11.2. The molecule has 0 radical (unpaired) electrons. The number of carbonyl (C=O) groups excluding carboxylic acids is 1. The Labute approximate surface area is 114 Å². The highest BCUT2D eigenvalue weighted by Crippen LogP contribution is 2.19. The molecule has 1 unspecified atom stereocenters. The lowest BCUT2D eigenvalue weighted by Crippen LogP contribution is -2.16. The molecule has 0 aliphatic carbocycles. The predicted molar refractivity (Wildman–Crippen MR) is 79.1 cm³/mol. The monoisotopic (exact) mass is 253 g/mol. The third-order valence-electron chi connectivity index (χ3n) is 3.14. The standard InChI is InChI=1S/C17H19NO/c1-13(18)7-12-17(19)16-10-8-15(9-11-16)14-5-3-2-4-6-14/h2-6,8-11,13H,7,12,18H2,1H3. The quantitative estimate of drug-likeness (QED) is 0.826. The molecule has 0 amide bonds. The van der Waals surface area contributed by atoms with Gasteiger partial charge in [-0.05, 0) is 24.5 Å². The van der Waals surface area contributed by atoms with E-state index in [2.05, 4.69) is 12.1 Å². The molecule has 2 heteroatoms. The minimum Gasteiger partial charge on any atom is -0.328 e. The maximum Gasteiger partial charge on any atom is 0.162 e. The Morgan fingerprint density at radius 2 is 1.58 bits per heavy atom. The number of nitrogens with two attached hydrogens (primary N) is 1. The minimum atomic E-state index is 0.0764. The first kappa shape index (κ1) is 13.5. The van der Waals surface area contributed by atoms with Gasteiger partial charge in [0.15, 0.2) is 5.78 Å². The second kappa shape index (κ2) is 6.30. The van der Waals surface area contributed by atoms with Crippen molar-refractivity contribution in [2.45, 2.75) is 25.8 Å². The maximum absolute atomic E-state index is 11.9. The zero-order valence-corrected chi connectivity index (χ0v) is 11.2. The molecule has 1 atom stereocenters. The van der Waals surface area contributed by atoms with Gasteiger partial charge in [0.2, 0.25) is 0 Å². The summed E-state index contributed by atoms with van der Waals surface area (Å²) in [4.78, 5) is 11.9. The fourth-order valence-electron chi connectivity index (χ4n) is 1.98. The molecular formula is C17H19NO. The SMILES string of the molecule is CC(N)CCC(=O)c1ccc(-c2ccccc2)cc1. The molecule has 19 heavy (non-hydrogen) atoms. The fourth-order valence-corrected chi connectivity index (χ4v) is 1.98. The minimum absolute atomic E-state index is 0.0764. The second-order valence-electron chi connectivity index (χ2n) is 4.88. The molecule has 0 spiro atoms. The molecule has 0 saturated carbocycles. The van der Waals surface area contributed by atoms with Crippen LogP contribution in [0.2, 0.25) is 0 Å². The number of carbonyl (C=O) groups is 1. The van der Waals surface area contributed by atoms with Crippen molar-refractivity contribution in [1.82, 2.24) is 0 Å². The van der Waals surface area contributed by atoms with Crippen LogP contribution in [-0.2, 0) is 0 Å². The Morgan fingerprint density at radius 1 is 1.00 bits per heavy atom. The van der Waals surface area contributed by atoms with E-state index in [4.69, 9.17) is 5.73 Å². The van der Waals surface area contributed by atoms with Crippen molar-refractivity contribution < 1.29 is 4.79 Å². The van der Waals surface area contributed by atoms with Crippen molar-refractivity contribution in [3.05, 3.63) is 60.2 Å². The van der Waals surface area contributed by atoms with E-state index in [0.29, 0.717) is 6.42 Å². The van der Waals surface area contributed by atoms with Crippen molar-refractivity contribution in [2.75, 3.05) is 0 Å². The Bertz CT molecular complexity index is 529. The number of benzene rings is 2. The van der Waals surface area contributed by atoms with Crippen molar-refractivity contribution in [2.24, 2.45) is 5.73 Å². The van der Waals surface area contributed by atoms with E-state index in [1.807, 2.05) is 49.4 Å². The first-order chi connectivity index (χ1) is 9.16. The summed E-state index contributed by atoms with van der Waals surface area (Å²) in [6, 6.07) is 18.0. The molecule has 0 heterocycles. The Balaban J connectivity index is 2.08. The summed E-state index contributed by atoms with van der Waals surface area (Å²) in [5, 5.41) is 0. The van der Waals surface area contributed by atoms with Crippen molar-refractivity contribution in [3.8, 4) is 11.1 Å². The van der Waals surface area contributed by atoms with Crippen LogP contribution in [0.25, 0.3) is 11.1 Å². The highest BCUT2D eigenvalue weighted by molar-refractivity contribution is 5.96. The Kier molecular flexibility index (Phi) is 4.48. The smallest absolute Gasteiger partial charge is 0.162 e. The van der Waals surface area contributed by atoms with Crippen LogP contribution in [0.1, 0.15) is 30.1 Å². The van der Waals surface area contributed by atoms with Crippen LogP contribution in [0.5, 0.6) is 0 Å². The summed E-state index contributed by atoms with van der Waals surface area (Å²) in [5.41, 5.74) is 8.72. The first-order valence-electron chi connectivity index (χ1n) is 6.61. The van der Waals surface area contributed by atoms with Gasteiger partial charge < -0.3 is 5.73 Å². The average molecular weight is 253 g/mol. The summed E-state index contributed by atoms with van der Waals surface area (Å²) in [6.07, 6.45) is 1.25. The first-order valence-corrected chi connectivity index (χ1v) is 6.61. The third-order valence-corrected chi connectivity index (χ3v) is 3.14. The number of ketones is 1. The van der Waals surface area contributed by atoms with Crippen LogP contribution < -0.4 is 5.73 Å². The molecule has 0 aliphatic heterocycles. The number of rotatable bonds is 5. The van der Waals surface area contributed by atoms with Gasteiger partial charge in [0, 0.05) is 18.0 Å². The molecule has 2 aromatic rings. The molecular weight excluding hydrogens is 234 g/mol. The molecule has 0 aliphatic rings. The largest absolute Gasteiger partial charge is 0.328 e. The van der Waals surface area contributed by atoms with Crippen LogP contribution >= 0.6 is 0 Å². The fraction of sp³-hybridized carbons (Fsp3) is 0.235. The third kappa shape index (κ3) is 3.76. The van der Waals surface area contributed by atoms with E-state index in [1.165, 1.54) is 0 Å². The van der Waals surface area contributed by atoms with Gasteiger partial charge in [0.05, 0.1) is 0 Å². The van der Waals surface area contributed by atoms with Crippen LogP contribution in [-0.4, -0.2) is 11.8 Å². The molecule has 2 nitrogen and oxygen atoms in total. The lowest BCUT2D eigenvalue weighted by atomic mass is 10.00. The second-order valence-corrected chi connectivity index (χ2v) is 4.88. The molecule has 2 N–H and O–H groups in total. The van der Waals surface area contributed by atoms with E-state index in [0.717, 1.165) is 23.1 Å². The highest BCUT2D eigenvalue weighted by Gasteiger charge is 2.07. The molecule has 2 aromatic carbocycles. The Morgan fingerprint density at radius 3 is 2.16 bits per heavy atom. The summed E-state index contributed by atoms with van der Waals surface area (Å²) in [6.45, 7) is 1.92. The zero-order chi connectivity index (χ0) is 13.7. The lowest BCUT2D eigenvalue weighted by Gasteiger charge is -2.06. The summed E-state index contributed by atoms with van der Waals surface area (Å²) in [5.74, 6) is 0.164. The van der Waals surface area contributed by atoms with Gasteiger partial charge in [-0.2, -0.15) is 0 Å². The lowest BCUT2D eigenvalue weighted by molar-refractivity contribution is 0.0978. The van der Waals surface area contributed by atoms with Crippen LogP contribution in [0.3, 0.4) is 0 Å². The van der Waals surface area contributed by atoms with Gasteiger partial charge >= 0.3 is 0 Å². The van der Waals surface area contributed by atoms with Crippen molar-refractivity contribution in [3.63, 3.8) is 0 Å². The van der Waals surface area contributed by atoms with E-state index in [-0.39, 0.29) is 11.8 Å². The average Bonchev–Trinajstić information content (AvgIpc) is 2.46. The molecule has 0 saturated heterocycles. The maximum atomic E-state index is 11.9. The van der Waals surface area contributed by atoms with Gasteiger partial charge in [0.25, 0.3) is 0 Å². The number of hydrogen-bond donors (Lipinski definition) is 1. The molecule has 2 rings (SSSR count).